The number of benzene rings is 2. The Morgan fingerprint density at radius 2 is 1.78 bits per heavy atom. The summed E-state index contributed by atoms with van der Waals surface area (Å²) in [5, 5.41) is 0.621. The highest BCUT2D eigenvalue weighted by Gasteiger charge is 2.13. The molecule has 0 saturated heterocycles. The topological polar surface area (TPSA) is 99.9 Å². The first kappa shape index (κ1) is 18.7. The van der Waals surface area contributed by atoms with Crippen molar-refractivity contribution in [3.63, 3.8) is 0 Å². The lowest BCUT2D eigenvalue weighted by Crippen LogP contribution is -2.08. The second-order valence-electron chi connectivity index (χ2n) is 5.83. The molecule has 7 nitrogen and oxygen atoms in total. The zero-order valence-corrected chi connectivity index (χ0v) is 15.4. The van der Waals surface area contributed by atoms with Crippen molar-refractivity contribution in [2.24, 2.45) is 0 Å². The number of methoxy groups -OCH3 is 1. The van der Waals surface area contributed by atoms with Crippen LogP contribution in [0.25, 0.3) is 11.0 Å². The Hall–Kier alpha value is -3.13. The summed E-state index contributed by atoms with van der Waals surface area (Å²) in [6.07, 6.45) is 1.08. The summed E-state index contributed by atoms with van der Waals surface area (Å²) in [5.74, 6) is -0.101. The Labute approximate surface area is 155 Å². The summed E-state index contributed by atoms with van der Waals surface area (Å²) in [4.78, 5) is 24.1. The highest BCUT2D eigenvalue weighted by molar-refractivity contribution is 7.90. The van der Waals surface area contributed by atoms with E-state index in [1.54, 1.807) is 18.2 Å². The van der Waals surface area contributed by atoms with Gasteiger partial charge in [0, 0.05) is 29.3 Å². The molecule has 0 radical (unpaired) electrons. The van der Waals surface area contributed by atoms with Crippen molar-refractivity contribution in [2.45, 2.75) is 11.5 Å². The number of fused-ring (bicyclic) bond motifs is 1. The molecule has 0 aliphatic heterocycles. The molecule has 0 unspecified atom stereocenters. The quantitative estimate of drug-likeness (QED) is 0.489. The van der Waals surface area contributed by atoms with E-state index >= 15 is 0 Å². The molecule has 0 aliphatic rings. The van der Waals surface area contributed by atoms with E-state index in [4.69, 9.17) is 13.9 Å². The lowest BCUT2D eigenvalue weighted by atomic mass is 10.1. The summed E-state index contributed by atoms with van der Waals surface area (Å²) < 4.78 is 38.4. The van der Waals surface area contributed by atoms with Gasteiger partial charge in [-0.2, -0.15) is 0 Å². The van der Waals surface area contributed by atoms with Crippen LogP contribution < -0.4 is 10.4 Å². The zero-order chi connectivity index (χ0) is 19.6. The van der Waals surface area contributed by atoms with Crippen LogP contribution in [-0.4, -0.2) is 27.8 Å². The monoisotopic (exact) mass is 388 g/mol. The number of ether oxygens (including phenoxy) is 2. The van der Waals surface area contributed by atoms with Gasteiger partial charge >= 0.3 is 11.6 Å². The Morgan fingerprint density at radius 3 is 2.41 bits per heavy atom. The number of carbonyl (C=O) groups excluding carboxylic acids is 1. The van der Waals surface area contributed by atoms with E-state index in [1.807, 2.05) is 0 Å². The zero-order valence-electron chi connectivity index (χ0n) is 14.6. The second kappa shape index (κ2) is 7.24. The number of rotatable bonds is 5. The van der Waals surface area contributed by atoms with E-state index in [2.05, 4.69) is 0 Å². The Balaban J connectivity index is 1.82. The van der Waals surface area contributed by atoms with Gasteiger partial charge in [-0.3, -0.25) is 0 Å². The molecule has 8 heteroatoms. The molecular weight excluding hydrogens is 372 g/mol. The van der Waals surface area contributed by atoms with E-state index in [0.717, 1.165) is 6.26 Å². The molecule has 1 heterocycles. The number of sulfone groups is 1. The summed E-state index contributed by atoms with van der Waals surface area (Å²) in [7, 11) is -1.84. The lowest BCUT2D eigenvalue weighted by Gasteiger charge is -2.08. The molecule has 140 valence electrons. The van der Waals surface area contributed by atoms with Crippen molar-refractivity contribution in [2.75, 3.05) is 13.4 Å². The first-order valence-electron chi connectivity index (χ1n) is 7.86. The van der Waals surface area contributed by atoms with Gasteiger partial charge in [0.15, 0.2) is 9.84 Å². The fourth-order valence-electron chi connectivity index (χ4n) is 2.52. The Bertz CT molecular complexity index is 1160. The summed E-state index contributed by atoms with van der Waals surface area (Å²) >= 11 is 0. The summed E-state index contributed by atoms with van der Waals surface area (Å²) in [6, 6.07) is 11.7. The predicted molar refractivity (Wildman–Crippen MR) is 97.7 cm³/mol. The Kier molecular flexibility index (Phi) is 5.00. The number of esters is 1. The van der Waals surface area contributed by atoms with Crippen molar-refractivity contribution in [3.8, 4) is 5.75 Å². The normalized spacial score (nSPS) is 11.3. The average Bonchev–Trinajstić information content (AvgIpc) is 2.64. The molecule has 0 amide bonds. The van der Waals surface area contributed by atoms with Crippen LogP contribution in [0.5, 0.6) is 5.75 Å². The van der Waals surface area contributed by atoms with Crippen LogP contribution in [-0.2, 0) is 21.2 Å². The molecule has 0 spiro atoms. The minimum atomic E-state index is -3.34. The molecule has 0 bridgehead atoms. The standard InChI is InChI=1S/C19H16O7S/c1-24-14-5-8-16-13(9-18(20)26-17(16)10-14)11-25-19(21)12-3-6-15(7-4-12)27(2,22)23/h3-10H,11H2,1-2H3. The first-order chi connectivity index (χ1) is 12.8. The van der Waals surface area contributed by atoms with Crippen LogP contribution in [0.15, 0.2) is 62.6 Å². The van der Waals surface area contributed by atoms with Gasteiger partial charge in [0.05, 0.1) is 17.6 Å². The third kappa shape index (κ3) is 4.17. The maximum absolute atomic E-state index is 12.2. The van der Waals surface area contributed by atoms with E-state index < -0.39 is 21.4 Å². The van der Waals surface area contributed by atoms with Gasteiger partial charge in [-0.05, 0) is 36.4 Å². The molecule has 1 aromatic heterocycles. The highest BCUT2D eigenvalue weighted by atomic mass is 32.2. The predicted octanol–water partition coefficient (Wildman–Crippen LogP) is 2.56. The van der Waals surface area contributed by atoms with Gasteiger partial charge in [0.2, 0.25) is 0 Å². The SMILES string of the molecule is COc1ccc2c(COC(=O)c3ccc(S(C)(=O)=O)cc3)cc(=O)oc2c1. The van der Waals surface area contributed by atoms with Crippen LogP contribution in [0.3, 0.4) is 0 Å². The maximum atomic E-state index is 12.2. The first-order valence-corrected chi connectivity index (χ1v) is 9.75. The third-order valence-electron chi connectivity index (χ3n) is 3.91. The molecule has 3 rings (SSSR count). The van der Waals surface area contributed by atoms with Gasteiger partial charge in [0.1, 0.15) is 17.9 Å². The highest BCUT2D eigenvalue weighted by Crippen LogP contribution is 2.23. The minimum absolute atomic E-state index is 0.111. The fraction of sp³-hybridized carbons (Fsp3) is 0.158. The minimum Gasteiger partial charge on any atom is -0.497 e. The van der Waals surface area contributed by atoms with Gasteiger partial charge in [0.25, 0.3) is 0 Å². The molecule has 0 aliphatic carbocycles. The van der Waals surface area contributed by atoms with Crippen molar-refractivity contribution in [1.82, 2.24) is 0 Å². The van der Waals surface area contributed by atoms with Crippen LogP contribution in [0.2, 0.25) is 0 Å². The number of carbonyl (C=O) groups is 1. The van der Waals surface area contributed by atoms with Gasteiger partial charge < -0.3 is 13.9 Å². The number of hydrogen-bond donors (Lipinski definition) is 0. The average molecular weight is 388 g/mol. The van der Waals surface area contributed by atoms with E-state index in [1.165, 1.54) is 37.4 Å². The van der Waals surface area contributed by atoms with Crippen LogP contribution in [0.1, 0.15) is 15.9 Å². The molecule has 0 saturated carbocycles. The van der Waals surface area contributed by atoms with Crippen molar-refractivity contribution in [1.29, 1.82) is 0 Å². The maximum Gasteiger partial charge on any atom is 0.338 e. The van der Waals surface area contributed by atoms with Gasteiger partial charge in [-0.15, -0.1) is 0 Å². The van der Waals surface area contributed by atoms with Crippen molar-refractivity contribution >= 4 is 26.8 Å². The number of hydrogen-bond acceptors (Lipinski definition) is 7. The van der Waals surface area contributed by atoms with Crippen LogP contribution in [0.4, 0.5) is 0 Å². The van der Waals surface area contributed by atoms with E-state index in [9.17, 15) is 18.0 Å². The largest absolute Gasteiger partial charge is 0.497 e. The van der Waals surface area contributed by atoms with E-state index in [-0.39, 0.29) is 17.1 Å². The molecule has 0 fully saturated rings. The van der Waals surface area contributed by atoms with Gasteiger partial charge in [-0.1, -0.05) is 0 Å². The summed E-state index contributed by atoms with van der Waals surface area (Å²) in [5.41, 5.74) is 0.450. The summed E-state index contributed by atoms with van der Waals surface area (Å²) in [6.45, 7) is -0.138. The van der Waals surface area contributed by atoms with Crippen LogP contribution >= 0.6 is 0 Å². The van der Waals surface area contributed by atoms with Crippen molar-refractivity contribution < 1.29 is 27.1 Å². The smallest absolute Gasteiger partial charge is 0.338 e. The molecule has 3 aromatic rings. The third-order valence-corrected chi connectivity index (χ3v) is 5.04. The second-order valence-corrected chi connectivity index (χ2v) is 7.84. The Morgan fingerprint density at radius 1 is 1.07 bits per heavy atom. The fourth-order valence-corrected chi connectivity index (χ4v) is 3.15. The lowest BCUT2D eigenvalue weighted by molar-refractivity contribution is 0.0473. The van der Waals surface area contributed by atoms with Gasteiger partial charge in [-0.25, -0.2) is 18.0 Å². The van der Waals surface area contributed by atoms with Crippen molar-refractivity contribution in [3.05, 3.63) is 70.1 Å². The molecule has 2 aromatic carbocycles. The molecular formula is C19H16O7S. The van der Waals surface area contributed by atoms with E-state index in [0.29, 0.717) is 22.3 Å². The molecule has 0 atom stereocenters. The van der Waals surface area contributed by atoms with Crippen LogP contribution in [0, 0.1) is 0 Å². The molecule has 0 N–H and O–H groups in total. The molecule has 27 heavy (non-hydrogen) atoms.